The molecule has 0 aliphatic carbocycles. The molecular weight excluding hydrogens is 508 g/mol. The van der Waals surface area contributed by atoms with Crippen LogP contribution in [0.5, 0.6) is 11.5 Å². The SMILES string of the molecule is CCOC(=O)/C(N=Nc1ccccc1OCCCOc1ccccc1N=N/C(C(=O)OCC)=C(/C)O)=C(\C)O. The van der Waals surface area contributed by atoms with Gasteiger partial charge in [-0.25, -0.2) is 9.59 Å². The maximum absolute atomic E-state index is 12.0. The second kappa shape index (κ2) is 16.2. The topological polar surface area (TPSA) is 161 Å². The van der Waals surface area contributed by atoms with Crippen LogP contribution in [0.1, 0.15) is 34.1 Å². The van der Waals surface area contributed by atoms with Gasteiger partial charge in [0, 0.05) is 6.42 Å². The van der Waals surface area contributed by atoms with E-state index in [9.17, 15) is 19.8 Å². The molecule has 208 valence electrons. The van der Waals surface area contributed by atoms with Crippen molar-refractivity contribution >= 4 is 23.3 Å². The summed E-state index contributed by atoms with van der Waals surface area (Å²) >= 11 is 0. The lowest BCUT2D eigenvalue weighted by atomic mass is 10.3. The molecule has 2 aromatic carbocycles. The van der Waals surface area contributed by atoms with Crippen LogP contribution in [-0.2, 0) is 19.1 Å². The largest absolute Gasteiger partial charge is 0.510 e. The van der Waals surface area contributed by atoms with Gasteiger partial charge in [0.05, 0.1) is 26.4 Å². The monoisotopic (exact) mass is 540 g/mol. The number of aliphatic hydroxyl groups excluding tert-OH is 2. The van der Waals surface area contributed by atoms with Gasteiger partial charge in [-0.3, -0.25) is 0 Å². The average molecular weight is 541 g/mol. The summed E-state index contributed by atoms with van der Waals surface area (Å²) in [5.41, 5.74) is 0.124. The van der Waals surface area contributed by atoms with E-state index in [1.807, 2.05) is 0 Å². The van der Waals surface area contributed by atoms with Gasteiger partial charge in [-0.2, -0.15) is 0 Å². The molecule has 0 aliphatic heterocycles. The normalized spacial score (nSPS) is 12.6. The molecule has 0 aliphatic rings. The van der Waals surface area contributed by atoms with Gasteiger partial charge in [0.1, 0.15) is 34.4 Å². The first-order chi connectivity index (χ1) is 18.8. The van der Waals surface area contributed by atoms with E-state index in [-0.39, 0.29) is 49.3 Å². The quantitative estimate of drug-likeness (QED) is 0.0913. The molecule has 0 aromatic heterocycles. The van der Waals surface area contributed by atoms with Crippen molar-refractivity contribution in [1.82, 2.24) is 0 Å². The minimum Gasteiger partial charge on any atom is -0.510 e. The minimum atomic E-state index is -0.781. The van der Waals surface area contributed by atoms with Crippen molar-refractivity contribution in [2.75, 3.05) is 26.4 Å². The minimum absolute atomic E-state index is 0.133. The number of carbonyl (C=O) groups is 2. The first kappa shape index (κ1) is 30.5. The Labute approximate surface area is 226 Å². The Hall–Kier alpha value is -4.74. The van der Waals surface area contributed by atoms with Gasteiger partial charge in [-0.15, -0.1) is 20.5 Å². The number of ether oxygens (including phenoxy) is 4. The van der Waals surface area contributed by atoms with Crippen LogP contribution in [0, 0.1) is 0 Å². The van der Waals surface area contributed by atoms with Gasteiger partial charge in [0.2, 0.25) is 11.4 Å². The average Bonchev–Trinajstić information content (AvgIpc) is 2.90. The first-order valence-corrected chi connectivity index (χ1v) is 12.2. The standard InChI is InChI=1S/C27H32N4O8/c1-5-36-26(34)24(18(3)32)30-28-20-12-7-9-14-22(20)38-16-11-17-39-23-15-10-8-13-21(23)29-31-25(19(4)33)27(35)37-6-2/h7-10,12-15,32-33H,5-6,11,16-17H2,1-4H3/b24-18-,25-19-,30-28?,31-29?. The Balaban J connectivity index is 1.99. The van der Waals surface area contributed by atoms with Crippen LogP contribution >= 0.6 is 0 Å². The number of esters is 2. The predicted molar refractivity (Wildman–Crippen MR) is 141 cm³/mol. The van der Waals surface area contributed by atoms with Crippen LogP contribution in [0.2, 0.25) is 0 Å². The number of benzene rings is 2. The first-order valence-electron chi connectivity index (χ1n) is 12.2. The van der Waals surface area contributed by atoms with Crippen molar-refractivity contribution in [2.45, 2.75) is 34.1 Å². The fourth-order valence-corrected chi connectivity index (χ4v) is 2.88. The number of hydrogen-bond acceptors (Lipinski definition) is 12. The summed E-state index contributed by atoms with van der Waals surface area (Å²) in [6.07, 6.45) is 0.490. The molecule has 0 amide bonds. The van der Waals surface area contributed by atoms with E-state index in [1.165, 1.54) is 13.8 Å². The van der Waals surface area contributed by atoms with Gasteiger partial charge in [-0.05, 0) is 52.0 Å². The van der Waals surface area contributed by atoms with E-state index in [1.54, 1.807) is 62.4 Å². The Bertz CT molecular complexity index is 1150. The van der Waals surface area contributed by atoms with Crippen LogP contribution < -0.4 is 9.47 Å². The fourth-order valence-electron chi connectivity index (χ4n) is 2.88. The highest BCUT2D eigenvalue weighted by atomic mass is 16.5. The van der Waals surface area contributed by atoms with Crippen LogP contribution in [0.4, 0.5) is 11.4 Å². The summed E-state index contributed by atoms with van der Waals surface area (Å²) in [6, 6.07) is 13.7. The molecule has 0 bridgehead atoms. The van der Waals surface area contributed by atoms with E-state index >= 15 is 0 Å². The summed E-state index contributed by atoms with van der Waals surface area (Å²) in [4.78, 5) is 23.9. The van der Waals surface area contributed by atoms with Crippen LogP contribution in [0.25, 0.3) is 0 Å². The highest BCUT2D eigenvalue weighted by molar-refractivity contribution is 5.88. The number of hydrogen-bond donors (Lipinski definition) is 2. The van der Waals surface area contributed by atoms with E-state index in [0.717, 1.165) is 0 Å². The molecule has 12 nitrogen and oxygen atoms in total. The highest BCUT2D eigenvalue weighted by Crippen LogP contribution is 2.30. The Morgan fingerprint density at radius 3 is 1.44 bits per heavy atom. The zero-order chi connectivity index (χ0) is 28.6. The summed E-state index contributed by atoms with van der Waals surface area (Å²) < 4.78 is 21.4. The van der Waals surface area contributed by atoms with E-state index in [4.69, 9.17) is 18.9 Å². The van der Waals surface area contributed by atoms with E-state index in [2.05, 4.69) is 20.5 Å². The van der Waals surface area contributed by atoms with Gasteiger partial charge >= 0.3 is 11.9 Å². The molecule has 0 heterocycles. The number of allylic oxidation sites excluding steroid dienone is 2. The number of rotatable bonds is 14. The summed E-state index contributed by atoms with van der Waals surface area (Å²) in [7, 11) is 0. The van der Waals surface area contributed by atoms with Gasteiger partial charge < -0.3 is 29.2 Å². The zero-order valence-corrected chi connectivity index (χ0v) is 22.3. The van der Waals surface area contributed by atoms with Crippen molar-refractivity contribution in [3.05, 3.63) is 71.4 Å². The van der Waals surface area contributed by atoms with Crippen molar-refractivity contribution in [1.29, 1.82) is 0 Å². The second-order valence-corrected chi connectivity index (χ2v) is 7.69. The summed E-state index contributed by atoms with van der Waals surface area (Å²) in [6.45, 7) is 6.74. The van der Waals surface area contributed by atoms with Crippen molar-refractivity contribution in [3.8, 4) is 11.5 Å². The third-order valence-electron chi connectivity index (χ3n) is 4.67. The maximum Gasteiger partial charge on any atom is 0.362 e. The molecule has 0 atom stereocenters. The van der Waals surface area contributed by atoms with E-state index in [0.29, 0.717) is 29.3 Å². The fraction of sp³-hybridized carbons (Fsp3) is 0.333. The van der Waals surface area contributed by atoms with Crippen molar-refractivity contribution < 1.29 is 38.7 Å². The molecule has 0 saturated heterocycles. The van der Waals surface area contributed by atoms with Crippen LogP contribution in [-0.4, -0.2) is 48.6 Å². The van der Waals surface area contributed by atoms with Gasteiger partial charge in [0.25, 0.3) is 0 Å². The molecule has 0 unspecified atom stereocenters. The lowest BCUT2D eigenvalue weighted by Crippen LogP contribution is -2.08. The number of para-hydroxylation sites is 2. The zero-order valence-electron chi connectivity index (χ0n) is 22.3. The van der Waals surface area contributed by atoms with Crippen LogP contribution in [0.3, 0.4) is 0 Å². The molecule has 2 N–H and O–H groups in total. The van der Waals surface area contributed by atoms with Crippen LogP contribution in [0.15, 0.2) is 91.9 Å². The number of carbonyl (C=O) groups excluding carboxylic acids is 2. The Kier molecular flexibility index (Phi) is 12.6. The third-order valence-corrected chi connectivity index (χ3v) is 4.67. The lowest BCUT2D eigenvalue weighted by molar-refractivity contribution is -0.139. The second-order valence-electron chi connectivity index (χ2n) is 7.69. The molecule has 0 saturated carbocycles. The number of aliphatic hydroxyl groups is 2. The smallest absolute Gasteiger partial charge is 0.362 e. The summed E-state index contributed by atoms with van der Waals surface area (Å²) in [5.74, 6) is -1.34. The molecular formula is C27H32N4O8. The maximum atomic E-state index is 12.0. The predicted octanol–water partition coefficient (Wildman–Crippen LogP) is 6.41. The Morgan fingerprint density at radius 2 is 1.08 bits per heavy atom. The molecule has 12 heteroatoms. The molecule has 0 radical (unpaired) electrons. The molecule has 2 aromatic rings. The van der Waals surface area contributed by atoms with Gasteiger partial charge in [-0.1, -0.05) is 24.3 Å². The molecule has 39 heavy (non-hydrogen) atoms. The Morgan fingerprint density at radius 1 is 0.692 bits per heavy atom. The van der Waals surface area contributed by atoms with Crippen molar-refractivity contribution in [2.24, 2.45) is 20.5 Å². The number of nitrogens with zero attached hydrogens (tertiary/aromatic N) is 4. The van der Waals surface area contributed by atoms with Gasteiger partial charge in [0.15, 0.2) is 0 Å². The molecule has 2 rings (SSSR count). The number of azo groups is 2. The highest BCUT2D eigenvalue weighted by Gasteiger charge is 2.15. The molecule has 0 spiro atoms. The molecule has 0 fully saturated rings. The lowest BCUT2D eigenvalue weighted by Gasteiger charge is -2.10. The third kappa shape index (κ3) is 9.91. The summed E-state index contributed by atoms with van der Waals surface area (Å²) in [5, 5.41) is 35.2. The van der Waals surface area contributed by atoms with Crippen molar-refractivity contribution in [3.63, 3.8) is 0 Å². The van der Waals surface area contributed by atoms with E-state index < -0.39 is 11.9 Å².